The Kier molecular flexibility index (Phi) is 3.48. The number of carbonyl (C=O) groups is 1. The SMILES string of the molecule is O=C(C[NH2+]C12CC3CC(CC(C3)C1)C2)N1CCc2ccccc2C1. The van der Waals surface area contributed by atoms with Crippen LogP contribution in [-0.2, 0) is 17.8 Å². The number of rotatable bonds is 3. The summed E-state index contributed by atoms with van der Waals surface area (Å²) in [6.45, 7) is 2.36. The molecule has 3 heteroatoms. The highest BCUT2D eigenvalue weighted by Gasteiger charge is 2.53. The lowest BCUT2D eigenvalue weighted by Gasteiger charge is -2.54. The number of hydrogen-bond acceptors (Lipinski definition) is 1. The Morgan fingerprint density at radius 3 is 2.33 bits per heavy atom. The van der Waals surface area contributed by atoms with Gasteiger partial charge in [0.15, 0.2) is 6.54 Å². The maximum atomic E-state index is 12.8. The molecular formula is C21H29N2O+. The molecule has 5 aliphatic rings. The highest BCUT2D eigenvalue weighted by Crippen LogP contribution is 2.54. The largest absolute Gasteiger partial charge is 0.334 e. The molecule has 0 atom stereocenters. The first kappa shape index (κ1) is 14.9. The monoisotopic (exact) mass is 325 g/mol. The van der Waals surface area contributed by atoms with Crippen molar-refractivity contribution in [2.24, 2.45) is 17.8 Å². The maximum absolute atomic E-state index is 12.8. The second kappa shape index (κ2) is 5.59. The van der Waals surface area contributed by atoms with E-state index in [1.165, 1.54) is 49.7 Å². The fourth-order valence-electron chi connectivity index (χ4n) is 6.57. The standard InChI is InChI=1S/C21H28N2O/c24-20(23-6-5-18-3-1-2-4-19(18)14-23)13-22-21-10-15-7-16(11-21)9-17(8-15)12-21/h1-4,15-17,22H,5-14H2/p+1. The van der Waals surface area contributed by atoms with Crippen molar-refractivity contribution < 1.29 is 10.1 Å². The average Bonchev–Trinajstić information content (AvgIpc) is 2.58. The lowest BCUT2D eigenvalue weighted by Crippen LogP contribution is -3.00. The summed E-state index contributed by atoms with van der Waals surface area (Å²) < 4.78 is 0. The van der Waals surface area contributed by atoms with Crippen molar-refractivity contribution in [2.75, 3.05) is 13.1 Å². The lowest BCUT2D eigenvalue weighted by molar-refractivity contribution is -0.730. The van der Waals surface area contributed by atoms with Gasteiger partial charge in [0.1, 0.15) is 0 Å². The zero-order chi connectivity index (χ0) is 16.1. The Balaban J connectivity index is 1.22. The molecule has 4 aliphatic carbocycles. The van der Waals surface area contributed by atoms with Crippen LogP contribution < -0.4 is 5.32 Å². The third-order valence-electron chi connectivity index (χ3n) is 7.28. The van der Waals surface area contributed by atoms with Crippen LogP contribution in [0.5, 0.6) is 0 Å². The van der Waals surface area contributed by atoms with Gasteiger partial charge in [-0.25, -0.2) is 0 Å². The fourth-order valence-corrected chi connectivity index (χ4v) is 6.57. The zero-order valence-corrected chi connectivity index (χ0v) is 14.5. The van der Waals surface area contributed by atoms with Gasteiger partial charge in [-0.15, -0.1) is 0 Å². The van der Waals surface area contributed by atoms with Gasteiger partial charge >= 0.3 is 0 Å². The summed E-state index contributed by atoms with van der Waals surface area (Å²) in [6.07, 6.45) is 9.55. The molecule has 24 heavy (non-hydrogen) atoms. The number of nitrogens with zero attached hydrogens (tertiary/aromatic N) is 1. The van der Waals surface area contributed by atoms with E-state index in [9.17, 15) is 4.79 Å². The summed E-state index contributed by atoms with van der Waals surface area (Å²) in [5.41, 5.74) is 3.18. The van der Waals surface area contributed by atoms with E-state index >= 15 is 0 Å². The molecule has 0 spiro atoms. The predicted octanol–water partition coefficient (Wildman–Crippen LogP) is 2.10. The van der Waals surface area contributed by atoms with Gasteiger partial charge in [-0.05, 0) is 54.6 Å². The summed E-state index contributed by atoms with van der Waals surface area (Å²) in [4.78, 5) is 14.9. The minimum Gasteiger partial charge on any atom is -0.334 e. The van der Waals surface area contributed by atoms with Crippen molar-refractivity contribution in [3.05, 3.63) is 35.4 Å². The van der Waals surface area contributed by atoms with E-state index in [2.05, 4.69) is 34.5 Å². The second-order valence-electron chi connectivity index (χ2n) is 9.02. The number of benzene rings is 1. The molecule has 0 saturated heterocycles. The van der Waals surface area contributed by atoms with Crippen LogP contribution >= 0.6 is 0 Å². The molecule has 1 heterocycles. The Hall–Kier alpha value is -1.35. The van der Waals surface area contributed by atoms with Crippen LogP contribution in [0.4, 0.5) is 0 Å². The summed E-state index contributed by atoms with van der Waals surface area (Å²) >= 11 is 0. The van der Waals surface area contributed by atoms with E-state index in [-0.39, 0.29) is 0 Å². The Labute approximate surface area is 144 Å². The first-order valence-electron chi connectivity index (χ1n) is 9.88. The third kappa shape index (κ3) is 2.57. The Morgan fingerprint density at radius 2 is 1.67 bits per heavy atom. The molecule has 0 radical (unpaired) electrons. The van der Waals surface area contributed by atoms with Gasteiger partial charge in [-0.1, -0.05) is 24.3 Å². The van der Waals surface area contributed by atoms with Crippen LogP contribution in [0.2, 0.25) is 0 Å². The first-order valence-corrected chi connectivity index (χ1v) is 9.88. The second-order valence-corrected chi connectivity index (χ2v) is 9.02. The van der Waals surface area contributed by atoms with Gasteiger partial charge in [0.05, 0.1) is 5.54 Å². The molecule has 3 nitrogen and oxygen atoms in total. The van der Waals surface area contributed by atoms with Crippen molar-refractivity contribution in [1.82, 2.24) is 4.90 Å². The molecule has 1 aromatic rings. The van der Waals surface area contributed by atoms with Crippen LogP contribution in [-0.4, -0.2) is 29.4 Å². The van der Waals surface area contributed by atoms with E-state index in [4.69, 9.17) is 0 Å². The van der Waals surface area contributed by atoms with E-state index in [1.807, 2.05) is 0 Å². The van der Waals surface area contributed by atoms with Crippen LogP contribution in [0.25, 0.3) is 0 Å². The molecular weight excluding hydrogens is 296 g/mol. The summed E-state index contributed by atoms with van der Waals surface area (Å²) in [6, 6.07) is 8.59. The predicted molar refractivity (Wildman–Crippen MR) is 93.3 cm³/mol. The third-order valence-corrected chi connectivity index (χ3v) is 7.28. The van der Waals surface area contributed by atoms with Crippen molar-refractivity contribution in [1.29, 1.82) is 0 Å². The number of nitrogens with two attached hydrogens (primary N) is 1. The first-order chi connectivity index (χ1) is 11.7. The van der Waals surface area contributed by atoms with Crippen molar-refractivity contribution in [2.45, 2.75) is 57.0 Å². The molecule has 6 rings (SSSR count). The van der Waals surface area contributed by atoms with Crippen molar-refractivity contribution in [3.63, 3.8) is 0 Å². The molecule has 1 amide bonds. The quantitative estimate of drug-likeness (QED) is 0.908. The van der Waals surface area contributed by atoms with Crippen molar-refractivity contribution in [3.8, 4) is 0 Å². The molecule has 2 N–H and O–H groups in total. The highest BCUT2D eigenvalue weighted by atomic mass is 16.2. The van der Waals surface area contributed by atoms with Gasteiger partial charge in [0, 0.05) is 32.4 Å². The highest BCUT2D eigenvalue weighted by molar-refractivity contribution is 5.77. The number of hydrogen-bond donors (Lipinski definition) is 1. The molecule has 4 fully saturated rings. The van der Waals surface area contributed by atoms with Crippen molar-refractivity contribution >= 4 is 5.91 Å². The van der Waals surface area contributed by atoms with Crippen LogP contribution in [0.15, 0.2) is 24.3 Å². The summed E-state index contributed by atoms with van der Waals surface area (Å²) in [5.74, 6) is 3.23. The van der Waals surface area contributed by atoms with Gasteiger partial charge in [-0.3, -0.25) is 4.79 Å². The normalized spacial score (nSPS) is 36.7. The molecule has 1 aromatic carbocycles. The maximum Gasteiger partial charge on any atom is 0.278 e. The van der Waals surface area contributed by atoms with Crippen LogP contribution in [0.1, 0.15) is 49.7 Å². The smallest absolute Gasteiger partial charge is 0.278 e. The molecule has 4 saturated carbocycles. The number of fused-ring (bicyclic) bond motifs is 1. The van der Waals surface area contributed by atoms with E-state index in [0.717, 1.165) is 37.3 Å². The minimum absolute atomic E-state index is 0.347. The molecule has 128 valence electrons. The lowest BCUT2D eigenvalue weighted by atomic mass is 9.53. The number of carbonyl (C=O) groups excluding carboxylic acids is 1. The molecule has 1 aliphatic heterocycles. The average molecular weight is 325 g/mol. The number of amides is 1. The van der Waals surface area contributed by atoms with E-state index in [0.29, 0.717) is 18.0 Å². The topological polar surface area (TPSA) is 36.9 Å². The van der Waals surface area contributed by atoms with Crippen LogP contribution in [0, 0.1) is 17.8 Å². The fraction of sp³-hybridized carbons (Fsp3) is 0.667. The molecule has 4 bridgehead atoms. The van der Waals surface area contributed by atoms with Gasteiger partial charge in [-0.2, -0.15) is 0 Å². The molecule has 0 aromatic heterocycles. The summed E-state index contributed by atoms with van der Waals surface area (Å²) in [7, 11) is 0. The summed E-state index contributed by atoms with van der Waals surface area (Å²) in [5, 5.41) is 2.46. The van der Waals surface area contributed by atoms with Gasteiger partial charge in [0.25, 0.3) is 5.91 Å². The molecule has 0 unspecified atom stereocenters. The Morgan fingerprint density at radius 1 is 1.04 bits per heavy atom. The van der Waals surface area contributed by atoms with Gasteiger partial charge < -0.3 is 10.2 Å². The minimum atomic E-state index is 0.347. The Bertz CT molecular complexity index is 618. The van der Waals surface area contributed by atoms with E-state index in [1.54, 1.807) is 0 Å². The van der Waals surface area contributed by atoms with Gasteiger partial charge in [0.2, 0.25) is 0 Å². The number of quaternary nitrogens is 1. The van der Waals surface area contributed by atoms with E-state index < -0.39 is 0 Å². The van der Waals surface area contributed by atoms with Crippen LogP contribution in [0.3, 0.4) is 0 Å². The zero-order valence-electron chi connectivity index (χ0n) is 14.5.